The molecule has 0 fully saturated rings. The molecule has 0 saturated heterocycles. The number of ether oxygens (including phenoxy) is 1. The van der Waals surface area contributed by atoms with Gasteiger partial charge in [-0.05, 0) is 37.4 Å². The van der Waals surface area contributed by atoms with Gasteiger partial charge in [0.1, 0.15) is 12.4 Å². The number of nitrogens with zero attached hydrogens (tertiary/aromatic N) is 1. The molecule has 1 N–H and O–H groups in total. The fourth-order valence-electron chi connectivity index (χ4n) is 2.23. The van der Waals surface area contributed by atoms with E-state index in [0.717, 1.165) is 16.9 Å². The third-order valence-corrected chi connectivity index (χ3v) is 3.38. The number of aliphatic carboxylic acids is 1. The maximum Gasteiger partial charge on any atom is 0.312 e. The molecule has 4 nitrogen and oxygen atoms in total. The van der Waals surface area contributed by atoms with E-state index in [1.54, 1.807) is 0 Å². The Labute approximate surface area is 131 Å². The number of carboxylic acid groups (broad SMARTS) is 1. The quantitative estimate of drug-likeness (QED) is 0.854. The lowest BCUT2D eigenvalue weighted by atomic mass is 9.99. The summed E-state index contributed by atoms with van der Waals surface area (Å²) in [5.41, 5.74) is 1.89. The van der Waals surface area contributed by atoms with Gasteiger partial charge in [0.05, 0.1) is 5.92 Å². The van der Waals surface area contributed by atoms with Gasteiger partial charge in [0, 0.05) is 6.54 Å². The SMILES string of the molecule is CN(C)CC(C(=O)O)c1ccc(OCc2ccccc2)cc1. The van der Waals surface area contributed by atoms with Crippen molar-refractivity contribution in [2.24, 2.45) is 0 Å². The second-order valence-electron chi connectivity index (χ2n) is 5.50. The molecule has 0 aliphatic carbocycles. The largest absolute Gasteiger partial charge is 0.489 e. The predicted molar refractivity (Wildman–Crippen MR) is 86.1 cm³/mol. The molecule has 116 valence electrons. The van der Waals surface area contributed by atoms with Crippen LogP contribution in [-0.4, -0.2) is 36.6 Å². The van der Waals surface area contributed by atoms with Crippen LogP contribution in [-0.2, 0) is 11.4 Å². The third-order valence-electron chi connectivity index (χ3n) is 3.38. The second-order valence-corrected chi connectivity index (χ2v) is 5.50. The van der Waals surface area contributed by atoms with Gasteiger partial charge in [0.2, 0.25) is 0 Å². The second kappa shape index (κ2) is 7.61. The van der Waals surface area contributed by atoms with Gasteiger partial charge >= 0.3 is 5.97 Å². The van der Waals surface area contributed by atoms with Crippen molar-refractivity contribution in [3.8, 4) is 5.75 Å². The van der Waals surface area contributed by atoms with Crippen LogP contribution in [0.4, 0.5) is 0 Å². The van der Waals surface area contributed by atoms with Crippen molar-refractivity contribution in [3.05, 3.63) is 65.7 Å². The Balaban J connectivity index is 2.01. The standard InChI is InChI=1S/C18H21NO3/c1-19(2)12-17(18(20)21)15-8-10-16(11-9-15)22-13-14-6-4-3-5-7-14/h3-11,17H,12-13H2,1-2H3,(H,20,21). The summed E-state index contributed by atoms with van der Waals surface area (Å²) in [6, 6.07) is 17.2. The topological polar surface area (TPSA) is 49.8 Å². The fraction of sp³-hybridized carbons (Fsp3) is 0.278. The van der Waals surface area contributed by atoms with E-state index in [1.807, 2.05) is 73.6 Å². The van der Waals surface area contributed by atoms with Crippen molar-refractivity contribution in [1.82, 2.24) is 4.90 Å². The fourth-order valence-corrected chi connectivity index (χ4v) is 2.23. The van der Waals surface area contributed by atoms with Crippen molar-refractivity contribution in [1.29, 1.82) is 0 Å². The Morgan fingerprint density at radius 1 is 1.09 bits per heavy atom. The zero-order valence-corrected chi connectivity index (χ0v) is 12.9. The maximum atomic E-state index is 11.4. The minimum atomic E-state index is -0.813. The molecule has 2 aromatic rings. The van der Waals surface area contributed by atoms with Crippen LogP contribution in [0.2, 0.25) is 0 Å². The van der Waals surface area contributed by atoms with Gasteiger partial charge in [-0.1, -0.05) is 42.5 Å². The summed E-state index contributed by atoms with van der Waals surface area (Å²) in [7, 11) is 3.74. The minimum Gasteiger partial charge on any atom is -0.489 e. The number of rotatable bonds is 7. The lowest BCUT2D eigenvalue weighted by molar-refractivity contribution is -0.139. The molecule has 0 amide bonds. The van der Waals surface area contributed by atoms with E-state index in [1.165, 1.54) is 0 Å². The molecule has 2 aromatic carbocycles. The molecule has 1 unspecified atom stereocenters. The molecule has 0 radical (unpaired) electrons. The van der Waals surface area contributed by atoms with E-state index in [4.69, 9.17) is 4.74 Å². The van der Waals surface area contributed by atoms with Crippen LogP contribution in [0.3, 0.4) is 0 Å². The lowest BCUT2D eigenvalue weighted by Crippen LogP contribution is -2.25. The Morgan fingerprint density at radius 3 is 2.27 bits per heavy atom. The molecule has 0 spiro atoms. The number of benzene rings is 2. The zero-order chi connectivity index (χ0) is 15.9. The van der Waals surface area contributed by atoms with E-state index in [-0.39, 0.29) is 0 Å². The number of hydrogen-bond donors (Lipinski definition) is 1. The number of likely N-dealkylation sites (N-methyl/N-ethyl adjacent to an activating group) is 1. The minimum absolute atomic E-state index is 0.472. The average Bonchev–Trinajstić information content (AvgIpc) is 2.52. The number of carbonyl (C=O) groups is 1. The van der Waals surface area contributed by atoms with Crippen molar-refractivity contribution >= 4 is 5.97 Å². The molecule has 0 aliphatic rings. The lowest BCUT2D eigenvalue weighted by Gasteiger charge is -2.18. The van der Waals surface area contributed by atoms with Crippen molar-refractivity contribution < 1.29 is 14.6 Å². The Hall–Kier alpha value is -2.33. The van der Waals surface area contributed by atoms with Gasteiger partial charge in [0.15, 0.2) is 0 Å². The molecular weight excluding hydrogens is 278 g/mol. The van der Waals surface area contributed by atoms with Gasteiger partial charge in [-0.2, -0.15) is 0 Å². The first kappa shape index (κ1) is 16.0. The molecule has 4 heteroatoms. The predicted octanol–water partition coefficient (Wildman–Crippen LogP) is 3.00. The molecule has 0 aliphatic heterocycles. The first-order valence-electron chi connectivity index (χ1n) is 7.20. The monoisotopic (exact) mass is 299 g/mol. The van der Waals surface area contributed by atoms with E-state index < -0.39 is 11.9 Å². The Kier molecular flexibility index (Phi) is 5.55. The van der Waals surface area contributed by atoms with Crippen LogP contribution in [0.25, 0.3) is 0 Å². The number of hydrogen-bond acceptors (Lipinski definition) is 3. The normalized spacial score (nSPS) is 12.1. The van der Waals surface area contributed by atoms with Crippen LogP contribution < -0.4 is 4.74 Å². The van der Waals surface area contributed by atoms with Gasteiger partial charge in [-0.3, -0.25) is 4.79 Å². The van der Waals surface area contributed by atoms with Gasteiger partial charge in [-0.25, -0.2) is 0 Å². The van der Waals surface area contributed by atoms with Gasteiger partial charge in [-0.15, -0.1) is 0 Å². The molecule has 0 aromatic heterocycles. The third kappa shape index (κ3) is 4.60. The van der Waals surface area contributed by atoms with Crippen molar-refractivity contribution in [3.63, 3.8) is 0 Å². The molecule has 0 saturated carbocycles. The number of carboxylic acids is 1. The van der Waals surface area contributed by atoms with Gasteiger partial charge in [0.25, 0.3) is 0 Å². The first-order valence-corrected chi connectivity index (χ1v) is 7.20. The van der Waals surface area contributed by atoms with Crippen molar-refractivity contribution in [2.45, 2.75) is 12.5 Å². The highest BCUT2D eigenvalue weighted by molar-refractivity contribution is 5.76. The summed E-state index contributed by atoms with van der Waals surface area (Å²) in [4.78, 5) is 13.2. The smallest absolute Gasteiger partial charge is 0.312 e. The van der Waals surface area contributed by atoms with E-state index in [2.05, 4.69) is 0 Å². The molecule has 22 heavy (non-hydrogen) atoms. The highest BCUT2D eigenvalue weighted by Crippen LogP contribution is 2.21. The van der Waals surface area contributed by atoms with Crippen LogP contribution >= 0.6 is 0 Å². The zero-order valence-electron chi connectivity index (χ0n) is 12.9. The van der Waals surface area contributed by atoms with E-state index in [9.17, 15) is 9.90 Å². The van der Waals surface area contributed by atoms with Crippen molar-refractivity contribution in [2.75, 3.05) is 20.6 Å². The van der Waals surface area contributed by atoms with E-state index in [0.29, 0.717) is 13.2 Å². The van der Waals surface area contributed by atoms with Crippen LogP contribution in [0, 0.1) is 0 Å². The Morgan fingerprint density at radius 2 is 1.73 bits per heavy atom. The highest BCUT2D eigenvalue weighted by Gasteiger charge is 2.20. The molecular formula is C18H21NO3. The summed E-state index contributed by atoms with van der Waals surface area (Å²) >= 11 is 0. The summed E-state index contributed by atoms with van der Waals surface area (Å²) in [5, 5.41) is 9.34. The molecule has 2 rings (SSSR count). The van der Waals surface area contributed by atoms with E-state index >= 15 is 0 Å². The summed E-state index contributed by atoms with van der Waals surface area (Å²) in [6.07, 6.45) is 0. The summed E-state index contributed by atoms with van der Waals surface area (Å²) < 4.78 is 5.71. The molecule has 0 heterocycles. The average molecular weight is 299 g/mol. The summed E-state index contributed by atoms with van der Waals surface area (Å²) in [5.74, 6) is -0.605. The molecule has 1 atom stereocenters. The first-order chi connectivity index (χ1) is 10.6. The van der Waals surface area contributed by atoms with Crippen LogP contribution in [0.15, 0.2) is 54.6 Å². The van der Waals surface area contributed by atoms with Crippen LogP contribution in [0.5, 0.6) is 5.75 Å². The Bertz CT molecular complexity index is 593. The summed E-state index contributed by atoms with van der Waals surface area (Å²) in [6.45, 7) is 0.972. The van der Waals surface area contributed by atoms with Crippen LogP contribution in [0.1, 0.15) is 17.0 Å². The van der Waals surface area contributed by atoms with Gasteiger partial charge < -0.3 is 14.7 Å². The maximum absolute atomic E-state index is 11.4. The molecule has 0 bridgehead atoms. The highest BCUT2D eigenvalue weighted by atomic mass is 16.5.